The molecule has 1 N–H and O–H groups in total. The van der Waals surface area contributed by atoms with Crippen molar-refractivity contribution in [2.45, 2.75) is 18.6 Å². The minimum Gasteiger partial charge on any atom is -0.484 e. The number of β-amino-alcohol motifs (C(OH)–C–C–N with tert-alkyl or cyclic N) is 1. The summed E-state index contributed by atoms with van der Waals surface area (Å²) in [7, 11) is 0. The van der Waals surface area contributed by atoms with E-state index in [0.717, 1.165) is 30.6 Å². The molecule has 2 aliphatic rings. The molecule has 154 valence electrons. The zero-order valence-electron chi connectivity index (χ0n) is 16.6. The van der Waals surface area contributed by atoms with Gasteiger partial charge in [-0.15, -0.1) is 0 Å². The first-order chi connectivity index (χ1) is 14.1. The first kappa shape index (κ1) is 19.9. The molecule has 2 aliphatic heterocycles. The average Bonchev–Trinajstić information content (AvgIpc) is 3.16. The third-order valence-corrected chi connectivity index (χ3v) is 5.69. The van der Waals surface area contributed by atoms with Crippen molar-refractivity contribution in [1.82, 2.24) is 9.80 Å². The Hall–Kier alpha value is -2.41. The van der Waals surface area contributed by atoms with Gasteiger partial charge in [0.2, 0.25) is 0 Å². The molecule has 2 saturated heterocycles. The van der Waals surface area contributed by atoms with Crippen molar-refractivity contribution in [3.63, 3.8) is 0 Å². The highest BCUT2D eigenvalue weighted by Gasteiger charge is 2.37. The fourth-order valence-electron chi connectivity index (χ4n) is 3.99. The Morgan fingerprint density at radius 1 is 1.03 bits per heavy atom. The van der Waals surface area contributed by atoms with Crippen molar-refractivity contribution in [3.8, 4) is 5.75 Å². The summed E-state index contributed by atoms with van der Waals surface area (Å²) in [5.41, 5.74) is 1.37. The lowest BCUT2D eigenvalue weighted by Crippen LogP contribution is -2.42. The number of hydrogen-bond donors (Lipinski definition) is 1. The van der Waals surface area contributed by atoms with Crippen molar-refractivity contribution in [3.05, 3.63) is 65.7 Å². The average molecular weight is 396 g/mol. The smallest absolute Gasteiger partial charge is 0.260 e. The van der Waals surface area contributed by atoms with E-state index < -0.39 is 5.60 Å². The normalized spacial score (nSPS) is 22.6. The van der Waals surface area contributed by atoms with Gasteiger partial charge in [-0.1, -0.05) is 42.5 Å². The Morgan fingerprint density at radius 2 is 1.76 bits per heavy atom. The van der Waals surface area contributed by atoms with Crippen molar-refractivity contribution in [2.24, 2.45) is 0 Å². The summed E-state index contributed by atoms with van der Waals surface area (Å²) in [5, 5.41) is 11.0. The lowest BCUT2D eigenvalue weighted by atomic mass is 9.93. The molecule has 0 radical (unpaired) electrons. The predicted octanol–water partition coefficient (Wildman–Crippen LogP) is 2.02. The zero-order chi connectivity index (χ0) is 20.1. The lowest BCUT2D eigenvalue weighted by Gasteiger charge is -2.26. The molecule has 29 heavy (non-hydrogen) atoms. The number of benzene rings is 2. The molecule has 0 bridgehead atoms. The van der Waals surface area contributed by atoms with Gasteiger partial charge in [0, 0.05) is 32.7 Å². The van der Waals surface area contributed by atoms with Crippen LogP contribution in [0.25, 0.3) is 0 Å². The van der Waals surface area contributed by atoms with Crippen LogP contribution in [-0.2, 0) is 21.7 Å². The topological polar surface area (TPSA) is 62.2 Å². The highest BCUT2D eigenvalue weighted by molar-refractivity contribution is 5.77. The van der Waals surface area contributed by atoms with Gasteiger partial charge in [-0.3, -0.25) is 9.69 Å². The second-order valence-corrected chi connectivity index (χ2v) is 7.78. The van der Waals surface area contributed by atoms with Crippen LogP contribution in [0.4, 0.5) is 0 Å². The highest BCUT2D eigenvalue weighted by Crippen LogP contribution is 2.32. The van der Waals surface area contributed by atoms with E-state index in [0.29, 0.717) is 38.6 Å². The molecule has 1 atom stereocenters. The minimum atomic E-state index is -0.774. The summed E-state index contributed by atoms with van der Waals surface area (Å²) in [6.07, 6.45) is 0.738. The highest BCUT2D eigenvalue weighted by atomic mass is 16.5. The van der Waals surface area contributed by atoms with Crippen LogP contribution >= 0.6 is 0 Å². The maximum Gasteiger partial charge on any atom is 0.260 e. The predicted molar refractivity (Wildman–Crippen MR) is 110 cm³/mol. The molecule has 0 saturated carbocycles. The second-order valence-electron chi connectivity index (χ2n) is 7.78. The van der Waals surface area contributed by atoms with Crippen molar-refractivity contribution >= 4 is 5.91 Å². The monoisotopic (exact) mass is 396 g/mol. The molecule has 1 amide bonds. The van der Waals surface area contributed by atoms with Gasteiger partial charge in [0.05, 0.1) is 13.2 Å². The van der Waals surface area contributed by atoms with Gasteiger partial charge in [-0.05, 0) is 29.7 Å². The fourth-order valence-corrected chi connectivity index (χ4v) is 3.99. The summed E-state index contributed by atoms with van der Waals surface area (Å²) < 4.78 is 10.9. The Bertz CT molecular complexity index is 805. The molecule has 0 spiro atoms. The molecule has 6 heteroatoms. The molecule has 2 aromatic rings. The van der Waals surface area contributed by atoms with E-state index in [-0.39, 0.29) is 12.5 Å². The maximum absolute atomic E-state index is 12.2. The number of carbonyl (C=O) groups excluding carboxylic acids is 1. The van der Waals surface area contributed by atoms with E-state index in [2.05, 4.69) is 4.90 Å². The first-order valence-corrected chi connectivity index (χ1v) is 10.2. The van der Waals surface area contributed by atoms with Crippen LogP contribution in [0.1, 0.15) is 17.5 Å². The number of hydrogen-bond acceptors (Lipinski definition) is 5. The molecule has 0 aromatic heterocycles. The van der Waals surface area contributed by atoms with Gasteiger partial charge in [-0.2, -0.15) is 0 Å². The van der Waals surface area contributed by atoms with Crippen molar-refractivity contribution < 1.29 is 19.4 Å². The maximum atomic E-state index is 12.2. The van der Waals surface area contributed by atoms with Crippen LogP contribution in [0.3, 0.4) is 0 Å². The molecule has 2 heterocycles. The Balaban J connectivity index is 1.27. The summed E-state index contributed by atoms with van der Waals surface area (Å²) >= 11 is 0. The first-order valence-electron chi connectivity index (χ1n) is 10.2. The van der Waals surface area contributed by atoms with Crippen LogP contribution in [0, 0.1) is 0 Å². The molecular weight excluding hydrogens is 368 g/mol. The molecular formula is C23H28N2O4. The summed E-state index contributed by atoms with van der Waals surface area (Å²) in [5.74, 6) is 0.687. The Labute approximate surface area is 171 Å². The Morgan fingerprint density at radius 3 is 2.48 bits per heavy atom. The molecule has 2 fully saturated rings. The van der Waals surface area contributed by atoms with E-state index in [9.17, 15) is 9.90 Å². The van der Waals surface area contributed by atoms with Crippen molar-refractivity contribution in [1.29, 1.82) is 0 Å². The van der Waals surface area contributed by atoms with Crippen LogP contribution < -0.4 is 4.74 Å². The Kier molecular flexibility index (Phi) is 6.13. The number of amides is 1. The zero-order valence-corrected chi connectivity index (χ0v) is 16.6. The van der Waals surface area contributed by atoms with Crippen LogP contribution in [0.5, 0.6) is 5.75 Å². The van der Waals surface area contributed by atoms with E-state index in [1.807, 2.05) is 54.6 Å². The lowest BCUT2D eigenvalue weighted by molar-refractivity contribution is -0.137. The second kappa shape index (κ2) is 8.95. The van der Waals surface area contributed by atoms with Gasteiger partial charge < -0.3 is 19.5 Å². The number of likely N-dealkylation sites (tertiary alicyclic amines) is 1. The van der Waals surface area contributed by atoms with Crippen LogP contribution in [0.2, 0.25) is 0 Å². The number of rotatable bonds is 6. The van der Waals surface area contributed by atoms with E-state index in [4.69, 9.17) is 9.47 Å². The van der Waals surface area contributed by atoms with Crippen LogP contribution in [0.15, 0.2) is 54.6 Å². The van der Waals surface area contributed by atoms with E-state index >= 15 is 0 Å². The number of carbonyl (C=O) groups is 1. The molecule has 4 rings (SSSR count). The van der Waals surface area contributed by atoms with E-state index in [1.54, 1.807) is 4.90 Å². The molecule has 1 unspecified atom stereocenters. The summed E-state index contributed by atoms with van der Waals surface area (Å²) in [6, 6.07) is 17.8. The molecule has 2 aromatic carbocycles. The van der Waals surface area contributed by atoms with Crippen LogP contribution in [-0.4, -0.2) is 66.8 Å². The third kappa shape index (κ3) is 4.96. The van der Waals surface area contributed by atoms with Gasteiger partial charge >= 0.3 is 0 Å². The summed E-state index contributed by atoms with van der Waals surface area (Å²) in [6.45, 7) is 4.77. The minimum absolute atomic E-state index is 0.00496. The van der Waals surface area contributed by atoms with Gasteiger partial charge in [0.25, 0.3) is 5.91 Å². The number of aliphatic hydroxyl groups is 1. The number of nitrogens with zero attached hydrogens (tertiary/aromatic N) is 2. The number of ether oxygens (including phenoxy) is 2. The van der Waals surface area contributed by atoms with Gasteiger partial charge in [-0.25, -0.2) is 0 Å². The SMILES string of the molecule is O=C(COc1ccc(CN2CCC(O)(c3ccccc3)C2)cc1)N1CCOCC1. The van der Waals surface area contributed by atoms with Crippen molar-refractivity contribution in [2.75, 3.05) is 46.0 Å². The fraction of sp³-hybridized carbons (Fsp3) is 0.435. The largest absolute Gasteiger partial charge is 0.484 e. The third-order valence-electron chi connectivity index (χ3n) is 5.69. The van der Waals surface area contributed by atoms with E-state index in [1.165, 1.54) is 0 Å². The van der Waals surface area contributed by atoms with Gasteiger partial charge in [0.15, 0.2) is 6.61 Å². The number of morpholine rings is 1. The standard InChI is InChI=1S/C23H28N2O4/c26-22(25-12-14-28-15-13-25)17-29-21-8-6-19(7-9-21)16-24-11-10-23(27,18-24)20-4-2-1-3-5-20/h1-9,27H,10-18H2. The van der Waals surface area contributed by atoms with Gasteiger partial charge in [0.1, 0.15) is 11.4 Å². The molecule has 0 aliphatic carbocycles. The molecule has 6 nitrogen and oxygen atoms in total. The quantitative estimate of drug-likeness (QED) is 0.810. The summed E-state index contributed by atoms with van der Waals surface area (Å²) in [4.78, 5) is 16.2.